The molecule has 2 aliphatic rings. The molecule has 1 aliphatic carbocycles. The number of hydrogen-bond donors (Lipinski definition) is 1. The van der Waals surface area contributed by atoms with Crippen LogP contribution in [0.5, 0.6) is 0 Å². The minimum absolute atomic E-state index is 0.0107. The second-order valence-corrected chi connectivity index (χ2v) is 6.72. The van der Waals surface area contributed by atoms with Crippen LogP contribution in [0.25, 0.3) is 0 Å². The number of fused-ring (bicyclic) bond motifs is 1. The van der Waals surface area contributed by atoms with Gasteiger partial charge in [0.25, 0.3) is 0 Å². The Bertz CT molecular complexity index is 459. The molecule has 0 aromatic carbocycles. The van der Waals surface area contributed by atoms with E-state index in [2.05, 4.69) is 10.3 Å². The lowest BCUT2D eigenvalue weighted by Gasteiger charge is -2.24. The number of nitrogens with zero attached hydrogens (tertiary/aromatic N) is 2. The molecule has 3 atom stereocenters. The van der Waals surface area contributed by atoms with E-state index >= 15 is 0 Å². The summed E-state index contributed by atoms with van der Waals surface area (Å²) < 4.78 is 0. The lowest BCUT2D eigenvalue weighted by atomic mass is 10.1. The number of aromatic nitrogens is 1. The maximum Gasteiger partial charge on any atom is 0.240 e. The van der Waals surface area contributed by atoms with Gasteiger partial charge in [-0.1, -0.05) is 0 Å². The molecule has 98 valence electrons. The number of carbonyl (C=O) groups excluding carboxylic acids is 1. The van der Waals surface area contributed by atoms with Crippen molar-refractivity contribution in [1.29, 1.82) is 0 Å². The molecule has 1 saturated heterocycles. The Morgan fingerprint density at radius 3 is 3.00 bits per heavy atom. The van der Waals surface area contributed by atoms with Crippen LogP contribution in [0.2, 0.25) is 0 Å². The molecule has 1 aliphatic heterocycles. The topological polar surface area (TPSA) is 45.2 Å². The molecule has 5 heteroatoms. The summed E-state index contributed by atoms with van der Waals surface area (Å²) in [7, 11) is 1.89. The predicted molar refractivity (Wildman–Crippen MR) is 71.3 cm³/mol. The first kappa shape index (κ1) is 12.1. The van der Waals surface area contributed by atoms with Gasteiger partial charge in [-0.15, -0.1) is 11.3 Å². The standard InChI is InChI=1S/C13H19N3OS/c1-8-15-5-11(18-8)7-16-6-10-3-9(10)4-12(14-2)13(16)17/h5,9-10,12,14H,3-4,6-7H2,1-2H3. The van der Waals surface area contributed by atoms with Crippen LogP contribution in [0.4, 0.5) is 0 Å². The second kappa shape index (κ2) is 4.63. The number of amides is 1. The van der Waals surface area contributed by atoms with E-state index < -0.39 is 0 Å². The summed E-state index contributed by atoms with van der Waals surface area (Å²) in [6, 6.07) is 0.0107. The fraction of sp³-hybridized carbons (Fsp3) is 0.692. The van der Waals surface area contributed by atoms with Crippen LogP contribution in [0.15, 0.2) is 6.20 Å². The van der Waals surface area contributed by atoms with Gasteiger partial charge in [-0.25, -0.2) is 4.98 Å². The number of likely N-dealkylation sites (N-methyl/N-ethyl adjacent to an activating group) is 1. The summed E-state index contributed by atoms with van der Waals surface area (Å²) in [5.74, 6) is 1.76. The third-order valence-electron chi connectivity index (χ3n) is 4.04. The highest BCUT2D eigenvalue weighted by atomic mass is 32.1. The fourth-order valence-electron chi connectivity index (χ4n) is 2.87. The van der Waals surface area contributed by atoms with Gasteiger partial charge in [-0.2, -0.15) is 0 Å². The summed E-state index contributed by atoms with van der Waals surface area (Å²) in [4.78, 5) is 19.9. The minimum atomic E-state index is 0.0107. The molecule has 3 unspecified atom stereocenters. The Labute approximate surface area is 111 Å². The van der Waals surface area contributed by atoms with Crippen molar-refractivity contribution in [2.24, 2.45) is 11.8 Å². The van der Waals surface area contributed by atoms with E-state index in [1.165, 1.54) is 11.3 Å². The molecule has 2 heterocycles. The molecule has 1 aromatic rings. The molecule has 0 radical (unpaired) electrons. The maximum absolute atomic E-state index is 12.4. The van der Waals surface area contributed by atoms with Gasteiger partial charge < -0.3 is 10.2 Å². The van der Waals surface area contributed by atoms with Gasteiger partial charge in [0.2, 0.25) is 5.91 Å². The molecule has 2 fully saturated rings. The molecule has 1 saturated carbocycles. The Hall–Kier alpha value is -0.940. The second-order valence-electron chi connectivity index (χ2n) is 5.40. The SMILES string of the molecule is CNC1CC2CC2CN(Cc2cnc(C)s2)C1=O. The summed E-state index contributed by atoms with van der Waals surface area (Å²) in [6.07, 6.45) is 4.21. The Morgan fingerprint density at radius 1 is 1.50 bits per heavy atom. The van der Waals surface area contributed by atoms with Crippen molar-refractivity contribution < 1.29 is 4.79 Å². The number of nitrogens with one attached hydrogen (secondary N) is 1. The van der Waals surface area contributed by atoms with Crippen molar-refractivity contribution in [3.63, 3.8) is 0 Å². The summed E-state index contributed by atoms with van der Waals surface area (Å²) in [5.41, 5.74) is 0. The molecular formula is C13H19N3OS. The van der Waals surface area contributed by atoms with Gasteiger partial charge >= 0.3 is 0 Å². The molecule has 1 aromatic heterocycles. The Kier molecular flexibility index (Phi) is 3.11. The van der Waals surface area contributed by atoms with Crippen LogP contribution >= 0.6 is 11.3 Å². The molecule has 4 nitrogen and oxygen atoms in total. The van der Waals surface area contributed by atoms with Gasteiger partial charge in [-0.05, 0) is 38.6 Å². The first-order valence-corrected chi connectivity index (χ1v) is 7.36. The first-order valence-electron chi connectivity index (χ1n) is 6.54. The van der Waals surface area contributed by atoms with E-state index in [0.717, 1.165) is 36.4 Å². The van der Waals surface area contributed by atoms with Crippen molar-refractivity contribution in [2.75, 3.05) is 13.6 Å². The molecule has 0 spiro atoms. The number of carbonyl (C=O) groups is 1. The Morgan fingerprint density at radius 2 is 2.33 bits per heavy atom. The van der Waals surface area contributed by atoms with Crippen LogP contribution in [-0.4, -0.2) is 35.4 Å². The quantitative estimate of drug-likeness (QED) is 0.899. The average Bonchev–Trinajstić information content (AvgIpc) is 2.97. The van der Waals surface area contributed by atoms with Crippen LogP contribution < -0.4 is 5.32 Å². The van der Waals surface area contributed by atoms with Gasteiger partial charge in [-0.3, -0.25) is 4.79 Å². The van der Waals surface area contributed by atoms with E-state index in [9.17, 15) is 4.79 Å². The zero-order valence-corrected chi connectivity index (χ0v) is 11.7. The third-order valence-corrected chi connectivity index (χ3v) is 4.93. The van der Waals surface area contributed by atoms with E-state index in [1.54, 1.807) is 11.3 Å². The van der Waals surface area contributed by atoms with E-state index in [0.29, 0.717) is 0 Å². The van der Waals surface area contributed by atoms with Crippen LogP contribution in [0, 0.1) is 18.8 Å². The zero-order valence-electron chi connectivity index (χ0n) is 10.8. The number of hydrogen-bond acceptors (Lipinski definition) is 4. The van der Waals surface area contributed by atoms with Gasteiger partial charge in [0.15, 0.2) is 0 Å². The monoisotopic (exact) mass is 265 g/mol. The van der Waals surface area contributed by atoms with Crippen LogP contribution in [0.1, 0.15) is 22.7 Å². The lowest BCUT2D eigenvalue weighted by Crippen LogP contribution is -2.44. The average molecular weight is 265 g/mol. The molecule has 3 rings (SSSR count). The molecule has 1 amide bonds. The van der Waals surface area contributed by atoms with Crippen LogP contribution in [-0.2, 0) is 11.3 Å². The van der Waals surface area contributed by atoms with Crippen molar-refractivity contribution in [3.8, 4) is 0 Å². The van der Waals surface area contributed by atoms with Gasteiger partial charge in [0, 0.05) is 17.6 Å². The summed E-state index contributed by atoms with van der Waals surface area (Å²) >= 11 is 1.69. The fourth-order valence-corrected chi connectivity index (χ4v) is 3.68. The van der Waals surface area contributed by atoms with Crippen molar-refractivity contribution in [2.45, 2.75) is 32.4 Å². The number of aryl methyl sites for hydroxylation is 1. The van der Waals surface area contributed by atoms with Crippen molar-refractivity contribution >= 4 is 17.2 Å². The number of likely N-dealkylation sites (tertiary alicyclic amines) is 1. The normalized spacial score (nSPS) is 31.1. The highest BCUT2D eigenvalue weighted by Crippen LogP contribution is 2.44. The smallest absolute Gasteiger partial charge is 0.240 e. The van der Waals surface area contributed by atoms with Gasteiger partial charge in [0.1, 0.15) is 0 Å². The number of rotatable bonds is 3. The molecular weight excluding hydrogens is 246 g/mol. The van der Waals surface area contributed by atoms with Crippen molar-refractivity contribution in [1.82, 2.24) is 15.2 Å². The van der Waals surface area contributed by atoms with Gasteiger partial charge in [0.05, 0.1) is 17.6 Å². The molecule has 0 bridgehead atoms. The third kappa shape index (κ3) is 2.29. The van der Waals surface area contributed by atoms with E-state index in [1.807, 2.05) is 25.1 Å². The van der Waals surface area contributed by atoms with Crippen LogP contribution in [0.3, 0.4) is 0 Å². The highest BCUT2D eigenvalue weighted by Gasteiger charge is 2.45. The first-order chi connectivity index (χ1) is 8.67. The molecule has 18 heavy (non-hydrogen) atoms. The van der Waals surface area contributed by atoms with Crippen molar-refractivity contribution in [3.05, 3.63) is 16.1 Å². The minimum Gasteiger partial charge on any atom is -0.336 e. The highest BCUT2D eigenvalue weighted by molar-refractivity contribution is 7.11. The number of thiazole rings is 1. The zero-order chi connectivity index (χ0) is 12.7. The largest absolute Gasteiger partial charge is 0.336 e. The maximum atomic E-state index is 12.4. The lowest BCUT2D eigenvalue weighted by molar-refractivity contribution is -0.133. The predicted octanol–water partition coefficient (Wildman–Crippen LogP) is 1.41. The summed E-state index contributed by atoms with van der Waals surface area (Å²) in [6.45, 7) is 3.66. The van der Waals surface area contributed by atoms with E-state index in [4.69, 9.17) is 0 Å². The summed E-state index contributed by atoms with van der Waals surface area (Å²) in [5, 5.41) is 4.24. The van der Waals surface area contributed by atoms with E-state index in [-0.39, 0.29) is 11.9 Å². The Balaban J connectivity index is 1.74. The molecule has 1 N–H and O–H groups in total.